The molecule has 6 nitrogen and oxygen atoms in total. The highest BCUT2D eigenvalue weighted by Gasteiger charge is 2.08. The van der Waals surface area contributed by atoms with Crippen molar-refractivity contribution in [1.29, 1.82) is 0 Å². The molecular weight excluding hydrogens is 262 g/mol. The van der Waals surface area contributed by atoms with Crippen LogP contribution in [0.4, 0.5) is 0 Å². The monoisotopic (exact) mass is 273 g/mol. The lowest BCUT2D eigenvalue weighted by molar-refractivity contribution is 0.0599. The fraction of sp³-hybridized carbons (Fsp3) is 0.0714. The number of hydrogen-bond donors (Lipinski definition) is 1. The van der Waals surface area contributed by atoms with E-state index < -0.39 is 11.9 Å². The number of methoxy groups -OCH3 is 1. The predicted molar refractivity (Wildman–Crippen MR) is 69.1 cm³/mol. The van der Waals surface area contributed by atoms with E-state index in [0.29, 0.717) is 11.3 Å². The summed E-state index contributed by atoms with van der Waals surface area (Å²) in [7, 11) is 1.29. The van der Waals surface area contributed by atoms with Gasteiger partial charge in [0.2, 0.25) is 5.88 Å². The van der Waals surface area contributed by atoms with Crippen molar-refractivity contribution in [3.8, 4) is 11.6 Å². The number of nitrogens with zero attached hydrogens (tertiary/aromatic N) is 1. The molecule has 0 radical (unpaired) electrons. The zero-order valence-corrected chi connectivity index (χ0v) is 10.6. The van der Waals surface area contributed by atoms with Crippen molar-refractivity contribution in [2.24, 2.45) is 0 Å². The maximum atomic E-state index is 11.4. The van der Waals surface area contributed by atoms with Crippen LogP contribution in [0.3, 0.4) is 0 Å². The van der Waals surface area contributed by atoms with E-state index in [-0.39, 0.29) is 11.4 Å². The Hall–Kier alpha value is -2.89. The van der Waals surface area contributed by atoms with Crippen LogP contribution in [0.2, 0.25) is 0 Å². The second kappa shape index (κ2) is 5.83. The summed E-state index contributed by atoms with van der Waals surface area (Å²) >= 11 is 0. The van der Waals surface area contributed by atoms with Crippen LogP contribution in [0.15, 0.2) is 42.6 Å². The van der Waals surface area contributed by atoms with Crippen molar-refractivity contribution in [1.82, 2.24) is 4.98 Å². The minimum absolute atomic E-state index is 0.161. The Balaban J connectivity index is 2.17. The van der Waals surface area contributed by atoms with Crippen molar-refractivity contribution in [2.75, 3.05) is 7.11 Å². The van der Waals surface area contributed by atoms with Crippen LogP contribution in [-0.4, -0.2) is 29.1 Å². The Bertz CT molecular complexity index is 636. The highest BCUT2D eigenvalue weighted by Crippen LogP contribution is 2.20. The summed E-state index contributed by atoms with van der Waals surface area (Å²) in [6.45, 7) is 0. The summed E-state index contributed by atoms with van der Waals surface area (Å²) in [5.41, 5.74) is 0.480. The predicted octanol–water partition coefficient (Wildman–Crippen LogP) is 2.36. The molecule has 6 heteroatoms. The molecular formula is C14H11NO5. The van der Waals surface area contributed by atoms with E-state index >= 15 is 0 Å². The van der Waals surface area contributed by atoms with Gasteiger partial charge in [-0.15, -0.1) is 0 Å². The highest BCUT2D eigenvalue weighted by molar-refractivity contribution is 5.89. The molecule has 1 heterocycles. The van der Waals surface area contributed by atoms with Gasteiger partial charge in [0.25, 0.3) is 0 Å². The van der Waals surface area contributed by atoms with Crippen molar-refractivity contribution >= 4 is 11.9 Å². The number of rotatable bonds is 4. The van der Waals surface area contributed by atoms with Crippen LogP contribution in [0, 0.1) is 0 Å². The maximum Gasteiger partial charge on any atom is 0.338 e. The third-order valence-electron chi connectivity index (χ3n) is 2.48. The molecule has 0 spiro atoms. The third-order valence-corrected chi connectivity index (χ3v) is 2.48. The first-order chi connectivity index (χ1) is 9.60. The van der Waals surface area contributed by atoms with Crippen LogP contribution in [-0.2, 0) is 4.74 Å². The standard InChI is InChI=1S/C14H11NO5/c1-19-14(18)10-6-7-15-12(8-10)20-11-4-2-9(3-5-11)13(16)17/h2-8H,1H3,(H,16,17). The molecule has 20 heavy (non-hydrogen) atoms. The van der Waals surface area contributed by atoms with E-state index in [1.54, 1.807) is 0 Å². The van der Waals surface area contributed by atoms with Crippen LogP contribution < -0.4 is 4.74 Å². The van der Waals surface area contributed by atoms with Gasteiger partial charge in [-0.05, 0) is 30.3 Å². The molecule has 0 fully saturated rings. The molecule has 1 aromatic carbocycles. The molecule has 0 unspecified atom stereocenters. The van der Waals surface area contributed by atoms with Crippen LogP contribution in [0.25, 0.3) is 0 Å². The number of benzene rings is 1. The summed E-state index contributed by atoms with van der Waals surface area (Å²) in [5, 5.41) is 8.79. The zero-order chi connectivity index (χ0) is 14.5. The van der Waals surface area contributed by atoms with Gasteiger partial charge in [-0.25, -0.2) is 14.6 Å². The van der Waals surface area contributed by atoms with E-state index in [4.69, 9.17) is 9.84 Å². The summed E-state index contributed by atoms with van der Waals surface area (Å²) in [6.07, 6.45) is 1.42. The Morgan fingerprint density at radius 3 is 2.40 bits per heavy atom. The van der Waals surface area contributed by atoms with Crippen LogP contribution >= 0.6 is 0 Å². The molecule has 0 atom stereocenters. The van der Waals surface area contributed by atoms with Gasteiger partial charge in [0.05, 0.1) is 18.2 Å². The first-order valence-electron chi connectivity index (χ1n) is 5.66. The van der Waals surface area contributed by atoms with Crippen LogP contribution in [0.5, 0.6) is 11.6 Å². The summed E-state index contributed by atoms with van der Waals surface area (Å²) < 4.78 is 10.0. The lowest BCUT2D eigenvalue weighted by atomic mass is 10.2. The molecule has 0 bridgehead atoms. The molecule has 0 aliphatic heterocycles. The topological polar surface area (TPSA) is 85.7 Å². The smallest absolute Gasteiger partial charge is 0.338 e. The number of hydrogen-bond acceptors (Lipinski definition) is 5. The average molecular weight is 273 g/mol. The zero-order valence-electron chi connectivity index (χ0n) is 10.6. The first-order valence-corrected chi connectivity index (χ1v) is 5.66. The minimum Gasteiger partial charge on any atom is -0.478 e. The van der Waals surface area contributed by atoms with Gasteiger partial charge in [-0.3, -0.25) is 0 Å². The van der Waals surface area contributed by atoms with Crippen molar-refractivity contribution in [3.63, 3.8) is 0 Å². The van der Waals surface area contributed by atoms with E-state index in [9.17, 15) is 9.59 Å². The van der Waals surface area contributed by atoms with E-state index in [1.807, 2.05) is 0 Å². The second-order valence-corrected chi connectivity index (χ2v) is 3.81. The van der Waals surface area contributed by atoms with Crippen molar-refractivity contribution in [3.05, 3.63) is 53.7 Å². The number of ether oxygens (including phenoxy) is 2. The van der Waals surface area contributed by atoms with Gasteiger partial charge in [0, 0.05) is 12.3 Å². The van der Waals surface area contributed by atoms with Crippen molar-refractivity contribution < 1.29 is 24.2 Å². The molecule has 2 rings (SSSR count). The number of esters is 1. The minimum atomic E-state index is -1.01. The maximum absolute atomic E-state index is 11.4. The summed E-state index contributed by atoms with van der Waals surface area (Å²) in [6, 6.07) is 8.80. The van der Waals surface area contributed by atoms with E-state index in [2.05, 4.69) is 9.72 Å². The molecule has 0 saturated carbocycles. The number of aromatic carboxylic acids is 1. The molecule has 1 N–H and O–H groups in total. The average Bonchev–Trinajstić information content (AvgIpc) is 2.47. The highest BCUT2D eigenvalue weighted by atomic mass is 16.5. The number of carboxylic acids is 1. The number of carboxylic acid groups (broad SMARTS) is 1. The third kappa shape index (κ3) is 3.11. The Morgan fingerprint density at radius 2 is 1.80 bits per heavy atom. The number of aromatic nitrogens is 1. The normalized spacial score (nSPS) is 9.85. The summed E-state index contributed by atoms with van der Waals surface area (Å²) in [5.74, 6) is -0.860. The fourth-order valence-corrected chi connectivity index (χ4v) is 1.50. The lowest BCUT2D eigenvalue weighted by Gasteiger charge is -2.06. The molecule has 0 aliphatic carbocycles. The van der Waals surface area contributed by atoms with Gasteiger partial charge >= 0.3 is 11.9 Å². The Kier molecular flexibility index (Phi) is 3.95. The molecule has 1 aromatic heterocycles. The summed E-state index contributed by atoms with van der Waals surface area (Å²) in [4.78, 5) is 26.0. The molecule has 2 aromatic rings. The van der Waals surface area contributed by atoms with E-state index in [1.165, 1.54) is 49.7 Å². The van der Waals surface area contributed by atoms with Gasteiger partial charge in [0.15, 0.2) is 0 Å². The molecule has 0 aliphatic rings. The number of carbonyl (C=O) groups is 2. The Labute approximate surface area is 114 Å². The second-order valence-electron chi connectivity index (χ2n) is 3.81. The largest absolute Gasteiger partial charge is 0.478 e. The number of pyridine rings is 1. The molecule has 102 valence electrons. The lowest BCUT2D eigenvalue weighted by Crippen LogP contribution is -2.01. The van der Waals surface area contributed by atoms with Gasteiger partial charge in [-0.2, -0.15) is 0 Å². The number of carbonyl (C=O) groups excluding carboxylic acids is 1. The Morgan fingerprint density at radius 1 is 1.10 bits per heavy atom. The SMILES string of the molecule is COC(=O)c1ccnc(Oc2ccc(C(=O)O)cc2)c1. The molecule has 0 saturated heterocycles. The van der Waals surface area contributed by atoms with E-state index in [0.717, 1.165) is 0 Å². The first kappa shape index (κ1) is 13.5. The van der Waals surface area contributed by atoms with Gasteiger partial charge in [0.1, 0.15) is 5.75 Å². The van der Waals surface area contributed by atoms with Crippen molar-refractivity contribution in [2.45, 2.75) is 0 Å². The van der Waals surface area contributed by atoms with Gasteiger partial charge in [-0.1, -0.05) is 0 Å². The van der Waals surface area contributed by atoms with Crippen LogP contribution in [0.1, 0.15) is 20.7 Å². The fourth-order valence-electron chi connectivity index (χ4n) is 1.50. The quantitative estimate of drug-likeness (QED) is 0.860. The van der Waals surface area contributed by atoms with Gasteiger partial charge < -0.3 is 14.6 Å². The molecule has 0 amide bonds.